The number of carbonyl (C=O) groups is 1. The molecule has 1 saturated heterocycles. The normalized spacial score (nSPS) is 14.8. The van der Waals surface area contributed by atoms with Crippen molar-refractivity contribution in [3.8, 4) is 5.75 Å². The number of aromatic hydroxyl groups is 1. The van der Waals surface area contributed by atoms with Crippen molar-refractivity contribution in [3.63, 3.8) is 0 Å². The van der Waals surface area contributed by atoms with Gasteiger partial charge < -0.3 is 15.2 Å². The Morgan fingerprint density at radius 2 is 1.85 bits per heavy atom. The van der Waals surface area contributed by atoms with Crippen LogP contribution in [0.25, 0.3) is 10.8 Å². The van der Waals surface area contributed by atoms with E-state index in [2.05, 4.69) is 21.1 Å². The number of carbonyl (C=O) groups excluding carboxylic acids is 1. The van der Waals surface area contributed by atoms with Gasteiger partial charge in [-0.1, -0.05) is 24.3 Å². The van der Waals surface area contributed by atoms with Crippen molar-refractivity contribution in [2.45, 2.75) is 0 Å². The number of hydrogen-bond acceptors (Lipinski definition) is 5. The summed E-state index contributed by atoms with van der Waals surface area (Å²) in [6.07, 6.45) is 0. The first kappa shape index (κ1) is 18.4. The van der Waals surface area contributed by atoms with Crippen LogP contribution in [0.15, 0.2) is 36.4 Å². The minimum atomic E-state index is -0.453. The van der Waals surface area contributed by atoms with Crippen LogP contribution < -0.4 is 16.2 Å². The van der Waals surface area contributed by atoms with Gasteiger partial charge in [0.25, 0.3) is 5.91 Å². The Balaban J connectivity index is 1.47. The molecule has 3 rings (SSSR count). The molecule has 0 aromatic heterocycles. The van der Waals surface area contributed by atoms with Gasteiger partial charge in [-0.2, -0.15) is 0 Å². The summed E-state index contributed by atoms with van der Waals surface area (Å²) in [4.78, 5) is 14.6. The molecule has 0 spiro atoms. The zero-order chi connectivity index (χ0) is 18.4. The van der Waals surface area contributed by atoms with E-state index in [1.807, 2.05) is 24.3 Å². The summed E-state index contributed by atoms with van der Waals surface area (Å²) < 4.78 is 5.30. The Labute approximate surface area is 157 Å². The maximum absolute atomic E-state index is 12.3. The number of thiocarbonyl (C=S) groups is 1. The number of morpholine rings is 1. The molecule has 1 aliphatic rings. The molecule has 1 heterocycles. The lowest BCUT2D eigenvalue weighted by atomic mass is 10.1. The van der Waals surface area contributed by atoms with Crippen molar-refractivity contribution in [2.24, 2.45) is 0 Å². The molecule has 1 fully saturated rings. The molecule has 0 aliphatic carbocycles. The van der Waals surface area contributed by atoms with Crippen LogP contribution in [0.1, 0.15) is 10.4 Å². The van der Waals surface area contributed by atoms with E-state index in [4.69, 9.17) is 17.0 Å². The number of hydrazine groups is 1. The van der Waals surface area contributed by atoms with Crippen LogP contribution in [-0.4, -0.2) is 60.4 Å². The lowest BCUT2D eigenvalue weighted by molar-refractivity contribution is 0.0389. The maximum Gasteiger partial charge on any atom is 0.273 e. The van der Waals surface area contributed by atoms with Gasteiger partial charge in [-0.05, 0) is 35.1 Å². The molecule has 0 atom stereocenters. The van der Waals surface area contributed by atoms with Crippen molar-refractivity contribution in [1.29, 1.82) is 0 Å². The van der Waals surface area contributed by atoms with Crippen molar-refractivity contribution >= 4 is 34.0 Å². The molecule has 26 heavy (non-hydrogen) atoms. The number of nitrogens with one attached hydrogen (secondary N) is 3. The highest BCUT2D eigenvalue weighted by Gasteiger charge is 2.13. The second-order valence-electron chi connectivity index (χ2n) is 6.01. The van der Waals surface area contributed by atoms with Crippen molar-refractivity contribution < 1.29 is 14.6 Å². The number of hydrogen-bond donors (Lipinski definition) is 4. The fraction of sp³-hybridized carbons (Fsp3) is 0.333. The molecule has 1 amide bonds. The zero-order valence-corrected chi connectivity index (χ0v) is 15.1. The molecule has 2 aromatic rings. The molecule has 7 nitrogen and oxygen atoms in total. The third-order valence-electron chi connectivity index (χ3n) is 4.22. The van der Waals surface area contributed by atoms with Gasteiger partial charge >= 0.3 is 0 Å². The standard InChI is InChI=1S/C18H22N4O3S/c23-16-12-14-4-2-1-3-13(14)11-15(16)17(24)20-21-18(26)19-5-6-22-7-9-25-10-8-22/h1-4,11-12,23H,5-10H2,(H,20,24)(H2,19,21,26). The number of phenols is 1. The van der Waals surface area contributed by atoms with Gasteiger partial charge in [-0.3, -0.25) is 20.5 Å². The fourth-order valence-corrected chi connectivity index (χ4v) is 2.94. The number of ether oxygens (including phenoxy) is 1. The lowest BCUT2D eigenvalue weighted by Crippen LogP contribution is -2.49. The Kier molecular flexibility index (Phi) is 6.21. The molecule has 4 N–H and O–H groups in total. The summed E-state index contributed by atoms with van der Waals surface area (Å²) in [5.74, 6) is -0.528. The molecule has 0 bridgehead atoms. The number of fused-ring (bicyclic) bond motifs is 1. The Morgan fingerprint density at radius 1 is 1.15 bits per heavy atom. The summed E-state index contributed by atoms with van der Waals surface area (Å²) in [7, 11) is 0. The minimum Gasteiger partial charge on any atom is -0.507 e. The van der Waals surface area contributed by atoms with E-state index >= 15 is 0 Å². The summed E-state index contributed by atoms with van der Waals surface area (Å²) in [6.45, 7) is 4.87. The fourth-order valence-electron chi connectivity index (χ4n) is 2.79. The highest BCUT2D eigenvalue weighted by molar-refractivity contribution is 7.80. The van der Waals surface area contributed by atoms with E-state index in [-0.39, 0.29) is 11.3 Å². The van der Waals surface area contributed by atoms with Crippen LogP contribution in [0.4, 0.5) is 0 Å². The molecule has 0 radical (unpaired) electrons. The SMILES string of the molecule is O=C(NNC(=S)NCCN1CCOCC1)c1cc2ccccc2cc1O. The Hall–Kier alpha value is -2.42. The molecular formula is C18H22N4O3S. The topological polar surface area (TPSA) is 85.9 Å². The summed E-state index contributed by atoms with van der Waals surface area (Å²) in [5.41, 5.74) is 5.35. The van der Waals surface area contributed by atoms with Crippen LogP contribution in [0.3, 0.4) is 0 Å². The first-order valence-electron chi connectivity index (χ1n) is 8.49. The van der Waals surface area contributed by atoms with E-state index < -0.39 is 5.91 Å². The smallest absolute Gasteiger partial charge is 0.273 e. The summed E-state index contributed by atoms with van der Waals surface area (Å²) >= 11 is 5.16. The lowest BCUT2D eigenvalue weighted by Gasteiger charge is -2.26. The monoisotopic (exact) mass is 374 g/mol. The first-order chi connectivity index (χ1) is 12.6. The molecule has 0 saturated carbocycles. The first-order valence-corrected chi connectivity index (χ1v) is 8.90. The average molecular weight is 374 g/mol. The van der Waals surface area contributed by atoms with Crippen LogP contribution in [0, 0.1) is 0 Å². The van der Waals surface area contributed by atoms with Crippen LogP contribution in [0.5, 0.6) is 5.75 Å². The molecule has 2 aromatic carbocycles. The molecule has 8 heteroatoms. The number of amides is 1. The minimum absolute atomic E-state index is 0.0748. The Morgan fingerprint density at radius 3 is 2.58 bits per heavy atom. The molecule has 1 aliphatic heterocycles. The predicted octanol–water partition coefficient (Wildman–Crippen LogP) is 0.987. The van der Waals surface area contributed by atoms with Crippen LogP contribution >= 0.6 is 12.2 Å². The summed E-state index contributed by atoms with van der Waals surface area (Å²) in [5, 5.41) is 15.2. The van der Waals surface area contributed by atoms with E-state index in [0.29, 0.717) is 11.7 Å². The highest BCUT2D eigenvalue weighted by atomic mass is 32.1. The zero-order valence-electron chi connectivity index (χ0n) is 14.3. The van der Waals surface area contributed by atoms with Crippen LogP contribution in [0.2, 0.25) is 0 Å². The predicted molar refractivity (Wildman–Crippen MR) is 104 cm³/mol. The van der Waals surface area contributed by atoms with Crippen LogP contribution in [-0.2, 0) is 4.74 Å². The van der Waals surface area contributed by atoms with Gasteiger partial charge in [-0.25, -0.2) is 0 Å². The van der Waals surface area contributed by atoms with E-state index in [1.54, 1.807) is 12.1 Å². The number of nitrogens with zero attached hydrogens (tertiary/aromatic N) is 1. The van der Waals surface area contributed by atoms with Crippen molar-refractivity contribution in [3.05, 3.63) is 42.0 Å². The van der Waals surface area contributed by atoms with Gasteiger partial charge in [0.1, 0.15) is 5.75 Å². The third kappa shape index (κ3) is 4.81. The van der Waals surface area contributed by atoms with E-state index in [0.717, 1.165) is 43.6 Å². The maximum atomic E-state index is 12.3. The average Bonchev–Trinajstić information content (AvgIpc) is 2.66. The second kappa shape index (κ2) is 8.79. The van der Waals surface area contributed by atoms with Gasteiger partial charge in [0, 0.05) is 26.2 Å². The third-order valence-corrected chi connectivity index (χ3v) is 4.46. The van der Waals surface area contributed by atoms with E-state index in [9.17, 15) is 9.90 Å². The van der Waals surface area contributed by atoms with Crippen molar-refractivity contribution in [1.82, 2.24) is 21.1 Å². The Bertz CT molecular complexity index is 793. The van der Waals surface area contributed by atoms with Gasteiger partial charge in [0.2, 0.25) is 0 Å². The molecule has 138 valence electrons. The molecule has 0 unspecified atom stereocenters. The largest absolute Gasteiger partial charge is 0.507 e. The number of benzene rings is 2. The van der Waals surface area contributed by atoms with Gasteiger partial charge in [0.15, 0.2) is 5.11 Å². The van der Waals surface area contributed by atoms with Gasteiger partial charge in [0.05, 0.1) is 18.8 Å². The summed E-state index contributed by atoms with van der Waals surface area (Å²) in [6, 6.07) is 10.7. The quantitative estimate of drug-likeness (QED) is 0.469. The van der Waals surface area contributed by atoms with Gasteiger partial charge in [-0.15, -0.1) is 0 Å². The van der Waals surface area contributed by atoms with Crippen molar-refractivity contribution in [2.75, 3.05) is 39.4 Å². The highest BCUT2D eigenvalue weighted by Crippen LogP contribution is 2.24. The number of phenolic OH excluding ortho intramolecular Hbond substituents is 1. The molecular weight excluding hydrogens is 352 g/mol. The second-order valence-corrected chi connectivity index (χ2v) is 6.41. The van der Waals surface area contributed by atoms with E-state index in [1.165, 1.54) is 0 Å². The number of rotatable bonds is 4.